The number of ether oxygens (including phenoxy) is 2. The molecule has 0 amide bonds. The van der Waals surface area contributed by atoms with Gasteiger partial charge in [0, 0.05) is 6.42 Å². The van der Waals surface area contributed by atoms with E-state index in [1.165, 1.54) is 12.1 Å². The van der Waals surface area contributed by atoms with Crippen molar-refractivity contribution in [1.82, 2.24) is 0 Å². The van der Waals surface area contributed by atoms with E-state index < -0.39 is 12.0 Å². The van der Waals surface area contributed by atoms with Gasteiger partial charge in [-0.05, 0) is 36.2 Å². The molecule has 2 aromatic carbocycles. The Kier molecular flexibility index (Phi) is 6.45. The number of phenolic OH excluding ortho intramolecular Hbond substituents is 2. The van der Waals surface area contributed by atoms with E-state index in [1.54, 1.807) is 6.07 Å². The van der Waals surface area contributed by atoms with Crippen LogP contribution in [0.2, 0.25) is 0 Å². The number of hydrogen-bond acceptors (Lipinski definition) is 6. The fourth-order valence-corrected chi connectivity index (χ4v) is 2.08. The SMILES string of the molecule is N[C@@H](Cc1ccc(O)c(O)c1)C(=O)OCCCOc1ccccc1. The molecule has 0 heterocycles. The van der Waals surface area contributed by atoms with Gasteiger partial charge in [0.25, 0.3) is 0 Å². The molecule has 4 N–H and O–H groups in total. The minimum atomic E-state index is -0.830. The van der Waals surface area contributed by atoms with E-state index >= 15 is 0 Å². The first-order valence-electron chi connectivity index (χ1n) is 7.67. The van der Waals surface area contributed by atoms with Gasteiger partial charge in [-0.1, -0.05) is 24.3 Å². The summed E-state index contributed by atoms with van der Waals surface area (Å²) in [5, 5.41) is 18.7. The molecule has 0 aliphatic heterocycles. The van der Waals surface area contributed by atoms with Crippen LogP contribution in [0.25, 0.3) is 0 Å². The van der Waals surface area contributed by atoms with Gasteiger partial charge in [-0.25, -0.2) is 0 Å². The second kappa shape index (κ2) is 8.79. The maximum absolute atomic E-state index is 11.8. The smallest absolute Gasteiger partial charge is 0.323 e. The van der Waals surface area contributed by atoms with Crippen molar-refractivity contribution in [2.75, 3.05) is 13.2 Å². The largest absolute Gasteiger partial charge is 0.504 e. The highest BCUT2D eigenvalue weighted by atomic mass is 16.5. The second-order valence-electron chi connectivity index (χ2n) is 5.32. The molecule has 0 bridgehead atoms. The maximum atomic E-state index is 11.8. The summed E-state index contributed by atoms with van der Waals surface area (Å²) in [6.07, 6.45) is 0.778. The molecule has 6 heteroatoms. The number of phenols is 2. The Morgan fingerprint density at radius 1 is 1.04 bits per heavy atom. The van der Waals surface area contributed by atoms with Crippen LogP contribution < -0.4 is 10.5 Å². The van der Waals surface area contributed by atoms with Crippen LogP contribution in [0.5, 0.6) is 17.2 Å². The summed E-state index contributed by atoms with van der Waals surface area (Å²) < 4.78 is 10.6. The third-order valence-electron chi connectivity index (χ3n) is 3.34. The van der Waals surface area contributed by atoms with Crippen LogP contribution in [0.15, 0.2) is 48.5 Å². The minimum absolute atomic E-state index is 0.215. The van der Waals surface area contributed by atoms with Crippen molar-refractivity contribution < 1.29 is 24.5 Å². The Morgan fingerprint density at radius 2 is 1.79 bits per heavy atom. The van der Waals surface area contributed by atoms with Gasteiger partial charge in [-0.2, -0.15) is 0 Å². The molecule has 0 radical (unpaired) electrons. The summed E-state index contributed by atoms with van der Waals surface area (Å²) in [7, 11) is 0. The van der Waals surface area contributed by atoms with Crippen molar-refractivity contribution in [2.24, 2.45) is 5.73 Å². The van der Waals surface area contributed by atoms with Crippen LogP contribution in [-0.2, 0) is 16.0 Å². The molecule has 128 valence electrons. The number of para-hydroxylation sites is 1. The van der Waals surface area contributed by atoms with Gasteiger partial charge in [0.2, 0.25) is 0 Å². The first kappa shape index (κ1) is 17.6. The van der Waals surface area contributed by atoms with Gasteiger partial charge < -0.3 is 25.4 Å². The van der Waals surface area contributed by atoms with Crippen molar-refractivity contribution in [1.29, 1.82) is 0 Å². The third kappa shape index (κ3) is 5.48. The van der Waals surface area contributed by atoms with E-state index in [-0.39, 0.29) is 24.5 Å². The minimum Gasteiger partial charge on any atom is -0.504 e. The Balaban J connectivity index is 1.67. The molecular formula is C18H21NO5. The Hall–Kier alpha value is -2.73. The van der Waals surface area contributed by atoms with Crippen molar-refractivity contribution in [3.8, 4) is 17.2 Å². The van der Waals surface area contributed by atoms with Gasteiger partial charge in [0.15, 0.2) is 11.5 Å². The number of rotatable bonds is 8. The number of esters is 1. The monoisotopic (exact) mass is 331 g/mol. The lowest BCUT2D eigenvalue weighted by atomic mass is 10.1. The number of benzene rings is 2. The summed E-state index contributed by atoms with van der Waals surface area (Å²) in [4.78, 5) is 11.8. The molecule has 24 heavy (non-hydrogen) atoms. The normalized spacial score (nSPS) is 11.7. The molecule has 0 aliphatic carbocycles. The van der Waals surface area contributed by atoms with Crippen molar-refractivity contribution in [2.45, 2.75) is 18.9 Å². The fourth-order valence-electron chi connectivity index (χ4n) is 2.08. The average molecular weight is 331 g/mol. The molecule has 2 rings (SSSR count). The second-order valence-corrected chi connectivity index (χ2v) is 5.32. The number of hydrogen-bond donors (Lipinski definition) is 3. The Labute approximate surface area is 140 Å². The van der Waals surface area contributed by atoms with Crippen molar-refractivity contribution in [3.05, 3.63) is 54.1 Å². The quantitative estimate of drug-likeness (QED) is 0.388. The third-order valence-corrected chi connectivity index (χ3v) is 3.34. The molecular weight excluding hydrogens is 310 g/mol. The van der Waals surface area contributed by atoms with Gasteiger partial charge in [-0.3, -0.25) is 4.79 Å². The summed E-state index contributed by atoms with van der Waals surface area (Å²) in [6.45, 7) is 0.665. The van der Waals surface area contributed by atoms with Gasteiger partial charge >= 0.3 is 5.97 Å². The van der Waals surface area contributed by atoms with E-state index in [9.17, 15) is 15.0 Å². The predicted molar refractivity (Wildman–Crippen MR) is 89.0 cm³/mol. The van der Waals surface area contributed by atoms with E-state index in [0.717, 1.165) is 5.75 Å². The van der Waals surface area contributed by atoms with Crippen LogP contribution in [0.1, 0.15) is 12.0 Å². The molecule has 0 spiro atoms. The molecule has 0 aliphatic rings. The number of carbonyl (C=O) groups is 1. The van der Waals surface area contributed by atoms with Crippen LogP contribution in [0.3, 0.4) is 0 Å². The summed E-state index contributed by atoms with van der Waals surface area (Å²) >= 11 is 0. The molecule has 0 saturated heterocycles. The van der Waals surface area contributed by atoms with E-state index in [0.29, 0.717) is 18.6 Å². The molecule has 1 atom stereocenters. The molecule has 0 unspecified atom stereocenters. The van der Waals surface area contributed by atoms with Gasteiger partial charge in [0.1, 0.15) is 11.8 Å². The Bertz CT molecular complexity index is 660. The van der Waals surface area contributed by atoms with Crippen LogP contribution >= 0.6 is 0 Å². The average Bonchev–Trinajstić information content (AvgIpc) is 2.58. The summed E-state index contributed by atoms with van der Waals surface area (Å²) in [5.74, 6) is -0.200. The van der Waals surface area contributed by atoms with Crippen LogP contribution in [-0.4, -0.2) is 35.4 Å². The van der Waals surface area contributed by atoms with E-state index in [1.807, 2.05) is 30.3 Å². The number of aromatic hydroxyl groups is 2. The lowest BCUT2D eigenvalue weighted by molar-refractivity contribution is -0.145. The lowest BCUT2D eigenvalue weighted by Crippen LogP contribution is -2.34. The molecule has 2 aromatic rings. The van der Waals surface area contributed by atoms with Crippen LogP contribution in [0, 0.1) is 0 Å². The van der Waals surface area contributed by atoms with Crippen LogP contribution in [0.4, 0.5) is 0 Å². The summed E-state index contributed by atoms with van der Waals surface area (Å²) in [6, 6.07) is 12.9. The summed E-state index contributed by atoms with van der Waals surface area (Å²) in [5.41, 5.74) is 6.43. The first-order valence-corrected chi connectivity index (χ1v) is 7.67. The van der Waals surface area contributed by atoms with Crippen molar-refractivity contribution >= 4 is 5.97 Å². The highest BCUT2D eigenvalue weighted by Gasteiger charge is 2.16. The predicted octanol–water partition coefficient (Wildman–Crippen LogP) is 1.98. The molecule has 0 aromatic heterocycles. The maximum Gasteiger partial charge on any atom is 0.323 e. The Morgan fingerprint density at radius 3 is 2.50 bits per heavy atom. The molecule has 6 nitrogen and oxygen atoms in total. The molecule has 0 saturated carbocycles. The highest BCUT2D eigenvalue weighted by molar-refractivity contribution is 5.75. The first-order chi connectivity index (χ1) is 11.6. The topological polar surface area (TPSA) is 102 Å². The molecule has 0 fully saturated rings. The highest BCUT2D eigenvalue weighted by Crippen LogP contribution is 2.25. The van der Waals surface area contributed by atoms with Gasteiger partial charge in [0.05, 0.1) is 13.2 Å². The van der Waals surface area contributed by atoms with Crippen molar-refractivity contribution in [3.63, 3.8) is 0 Å². The lowest BCUT2D eigenvalue weighted by Gasteiger charge is -2.12. The fraction of sp³-hybridized carbons (Fsp3) is 0.278. The zero-order valence-electron chi connectivity index (χ0n) is 13.2. The number of carbonyl (C=O) groups excluding carboxylic acids is 1. The van der Waals surface area contributed by atoms with Gasteiger partial charge in [-0.15, -0.1) is 0 Å². The number of nitrogens with two attached hydrogens (primary N) is 1. The van der Waals surface area contributed by atoms with E-state index in [2.05, 4.69) is 0 Å². The standard InChI is InChI=1S/C18H21NO5/c19-15(11-13-7-8-16(20)17(21)12-13)18(22)24-10-4-9-23-14-5-2-1-3-6-14/h1-3,5-8,12,15,20-21H,4,9-11,19H2/t15-/m0/s1. The van der Waals surface area contributed by atoms with E-state index in [4.69, 9.17) is 15.2 Å². The zero-order valence-corrected chi connectivity index (χ0v) is 13.2. The zero-order chi connectivity index (χ0) is 17.4.